The molecule has 1 fully saturated rings. The van der Waals surface area contributed by atoms with Gasteiger partial charge in [-0.05, 0) is 54.4 Å². The van der Waals surface area contributed by atoms with E-state index in [2.05, 4.69) is 35.6 Å². The number of rotatable bonds is 4. The van der Waals surface area contributed by atoms with Crippen molar-refractivity contribution in [2.75, 3.05) is 6.54 Å². The molecule has 0 bridgehead atoms. The number of carbonyl (C=O) groups excluding carboxylic acids is 1. The van der Waals surface area contributed by atoms with Gasteiger partial charge in [-0.1, -0.05) is 24.3 Å². The maximum atomic E-state index is 12.4. The molecule has 1 atom stereocenters. The normalized spacial score (nSPS) is 16.7. The van der Waals surface area contributed by atoms with Gasteiger partial charge in [0.25, 0.3) is 5.91 Å². The van der Waals surface area contributed by atoms with E-state index in [1.165, 1.54) is 34.4 Å². The largest absolute Gasteiger partial charge is 0.350 e. The maximum absolute atomic E-state index is 12.4. The molecule has 3 nitrogen and oxygen atoms in total. The highest BCUT2D eigenvalue weighted by Gasteiger charge is 2.29. The summed E-state index contributed by atoms with van der Waals surface area (Å²) in [5.41, 5.74) is 10.0. The Balaban J connectivity index is 0.00000156. The maximum Gasteiger partial charge on any atom is 0.261 e. The van der Waals surface area contributed by atoms with Gasteiger partial charge >= 0.3 is 0 Å². The fraction of sp³-hybridized carbons (Fsp3) is 0.389. The van der Waals surface area contributed by atoms with E-state index in [9.17, 15) is 4.79 Å². The van der Waals surface area contributed by atoms with Crippen LogP contribution in [0.5, 0.6) is 0 Å². The van der Waals surface area contributed by atoms with Crippen LogP contribution in [0.1, 0.15) is 33.6 Å². The third-order valence-electron chi connectivity index (χ3n) is 4.68. The van der Waals surface area contributed by atoms with Crippen molar-refractivity contribution < 1.29 is 4.79 Å². The second kappa shape index (κ2) is 6.63. The van der Waals surface area contributed by atoms with Gasteiger partial charge in [-0.15, -0.1) is 23.7 Å². The van der Waals surface area contributed by atoms with Gasteiger partial charge in [0, 0.05) is 17.5 Å². The van der Waals surface area contributed by atoms with E-state index in [0.717, 1.165) is 17.7 Å². The number of nitrogens with two attached hydrogens (primary N) is 1. The minimum atomic E-state index is 0. The second-order valence-electron chi connectivity index (χ2n) is 6.33. The van der Waals surface area contributed by atoms with E-state index in [-0.39, 0.29) is 24.4 Å². The molecule has 2 aromatic rings. The van der Waals surface area contributed by atoms with Crippen LogP contribution in [0, 0.1) is 5.92 Å². The SMILES string of the molecule is Cl.NC(CNC(=O)c1cc2c(s1)-c1ccccc1CC2)C1CC1. The summed E-state index contributed by atoms with van der Waals surface area (Å²) in [5.74, 6) is 0.636. The zero-order chi connectivity index (χ0) is 15.1. The molecule has 1 aromatic heterocycles. The molecule has 0 aliphatic heterocycles. The number of hydrogen-bond donors (Lipinski definition) is 2. The molecule has 2 aliphatic rings. The summed E-state index contributed by atoms with van der Waals surface area (Å²) in [4.78, 5) is 14.4. The Bertz CT molecular complexity index is 724. The minimum absolute atomic E-state index is 0. The number of thiophene rings is 1. The fourth-order valence-corrected chi connectivity index (χ4v) is 4.36. The standard InChI is InChI=1S/C18H20N2OS.ClH/c19-15(12-6-7-12)10-20-18(21)16-9-13-8-5-11-3-1-2-4-14(11)17(13)22-16;/h1-4,9,12,15H,5-8,10,19H2,(H,20,21);1H. The number of hydrogen-bond acceptors (Lipinski definition) is 3. The predicted molar refractivity (Wildman–Crippen MR) is 97.4 cm³/mol. The quantitative estimate of drug-likeness (QED) is 0.889. The Morgan fingerprint density at radius 3 is 2.78 bits per heavy atom. The zero-order valence-corrected chi connectivity index (χ0v) is 14.5. The molecule has 4 rings (SSSR count). The molecule has 0 spiro atoms. The lowest BCUT2D eigenvalue weighted by Crippen LogP contribution is -2.38. The molecule has 3 N–H and O–H groups in total. The van der Waals surface area contributed by atoms with Crippen LogP contribution in [0.2, 0.25) is 0 Å². The first-order valence-electron chi connectivity index (χ1n) is 7.97. The number of fused-ring (bicyclic) bond motifs is 3. The lowest BCUT2D eigenvalue weighted by molar-refractivity contribution is 0.0954. The lowest BCUT2D eigenvalue weighted by atomic mass is 9.91. The summed E-state index contributed by atoms with van der Waals surface area (Å²) in [6.07, 6.45) is 4.51. The number of amides is 1. The molecule has 1 aromatic carbocycles. The molecule has 1 amide bonds. The van der Waals surface area contributed by atoms with Crippen molar-refractivity contribution in [2.24, 2.45) is 11.7 Å². The van der Waals surface area contributed by atoms with Crippen molar-refractivity contribution >= 4 is 29.7 Å². The third kappa shape index (κ3) is 3.30. The van der Waals surface area contributed by atoms with Gasteiger partial charge < -0.3 is 11.1 Å². The summed E-state index contributed by atoms with van der Waals surface area (Å²) in [6.45, 7) is 0.586. The topological polar surface area (TPSA) is 55.1 Å². The van der Waals surface area contributed by atoms with Crippen LogP contribution in [-0.2, 0) is 12.8 Å². The highest BCUT2D eigenvalue weighted by atomic mass is 35.5. The Kier molecular flexibility index (Phi) is 4.76. The summed E-state index contributed by atoms with van der Waals surface area (Å²) in [7, 11) is 0. The van der Waals surface area contributed by atoms with E-state index in [1.807, 2.05) is 0 Å². The molecule has 1 saturated carbocycles. The van der Waals surface area contributed by atoms with Gasteiger partial charge in [0.15, 0.2) is 0 Å². The molecule has 0 radical (unpaired) electrons. The highest BCUT2D eigenvalue weighted by molar-refractivity contribution is 7.17. The number of halogens is 1. The Morgan fingerprint density at radius 2 is 2.00 bits per heavy atom. The number of carbonyl (C=O) groups is 1. The van der Waals surface area contributed by atoms with Crippen LogP contribution in [0.3, 0.4) is 0 Å². The van der Waals surface area contributed by atoms with Gasteiger partial charge in [-0.25, -0.2) is 0 Å². The first-order valence-corrected chi connectivity index (χ1v) is 8.79. The first kappa shape index (κ1) is 16.5. The van der Waals surface area contributed by atoms with Gasteiger partial charge in [-0.3, -0.25) is 4.79 Å². The molecule has 1 unspecified atom stereocenters. The van der Waals surface area contributed by atoms with Crippen LogP contribution in [-0.4, -0.2) is 18.5 Å². The first-order chi connectivity index (χ1) is 10.7. The van der Waals surface area contributed by atoms with Crippen LogP contribution in [0.4, 0.5) is 0 Å². The number of benzene rings is 1. The van der Waals surface area contributed by atoms with Crippen LogP contribution >= 0.6 is 23.7 Å². The van der Waals surface area contributed by atoms with Crippen molar-refractivity contribution in [3.05, 3.63) is 46.3 Å². The third-order valence-corrected chi connectivity index (χ3v) is 5.89. The molecule has 122 valence electrons. The van der Waals surface area contributed by atoms with E-state index >= 15 is 0 Å². The summed E-state index contributed by atoms with van der Waals surface area (Å²) < 4.78 is 0. The molecular weight excluding hydrogens is 328 g/mol. The molecular formula is C18H21ClN2OS. The van der Waals surface area contributed by atoms with Crippen LogP contribution in [0.15, 0.2) is 30.3 Å². The molecule has 0 saturated heterocycles. The average Bonchev–Trinajstić information content (AvgIpc) is 3.30. The summed E-state index contributed by atoms with van der Waals surface area (Å²) in [6, 6.07) is 10.7. The van der Waals surface area contributed by atoms with Gasteiger partial charge in [-0.2, -0.15) is 0 Å². The smallest absolute Gasteiger partial charge is 0.261 e. The number of nitrogens with one attached hydrogen (secondary N) is 1. The Morgan fingerprint density at radius 1 is 1.26 bits per heavy atom. The summed E-state index contributed by atoms with van der Waals surface area (Å²) in [5, 5.41) is 3.00. The summed E-state index contributed by atoms with van der Waals surface area (Å²) >= 11 is 1.61. The van der Waals surface area contributed by atoms with Crippen molar-refractivity contribution in [3.63, 3.8) is 0 Å². The second-order valence-corrected chi connectivity index (χ2v) is 7.39. The minimum Gasteiger partial charge on any atom is -0.350 e. The van der Waals surface area contributed by atoms with Gasteiger partial charge in [0.2, 0.25) is 0 Å². The van der Waals surface area contributed by atoms with E-state index in [4.69, 9.17) is 5.73 Å². The molecule has 23 heavy (non-hydrogen) atoms. The van der Waals surface area contributed by atoms with Crippen molar-refractivity contribution in [1.29, 1.82) is 0 Å². The van der Waals surface area contributed by atoms with Gasteiger partial charge in [0.05, 0.1) is 4.88 Å². The molecule has 2 aliphatic carbocycles. The lowest BCUT2D eigenvalue weighted by Gasteiger charge is -2.15. The Labute approximate surface area is 146 Å². The number of aryl methyl sites for hydroxylation is 2. The van der Waals surface area contributed by atoms with Crippen molar-refractivity contribution in [2.45, 2.75) is 31.7 Å². The zero-order valence-electron chi connectivity index (χ0n) is 12.9. The Hall–Kier alpha value is -1.36. The van der Waals surface area contributed by atoms with Gasteiger partial charge in [0.1, 0.15) is 0 Å². The monoisotopic (exact) mass is 348 g/mol. The fourth-order valence-electron chi connectivity index (χ4n) is 3.17. The van der Waals surface area contributed by atoms with Crippen LogP contribution in [0.25, 0.3) is 10.4 Å². The van der Waals surface area contributed by atoms with E-state index in [1.54, 1.807) is 11.3 Å². The van der Waals surface area contributed by atoms with Crippen molar-refractivity contribution in [1.82, 2.24) is 5.32 Å². The average molecular weight is 349 g/mol. The van der Waals surface area contributed by atoms with E-state index < -0.39 is 0 Å². The molecule has 5 heteroatoms. The van der Waals surface area contributed by atoms with Crippen molar-refractivity contribution in [3.8, 4) is 10.4 Å². The van der Waals surface area contributed by atoms with Crippen LogP contribution < -0.4 is 11.1 Å². The highest BCUT2D eigenvalue weighted by Crippen LogP contribution is 2.39. The molecule has 1 heterocycles. The predicted octanol–water partition coefficient (Wildman–Crippen LogP) is 3.40. The van der Waals surface area contributed by atoms with E-state index in [0.29, 0.717) is 12.5 Å².